The number of nitrogens with zero attached hydrogens (tertiary/aromatic N) is 4. The molecule has 0 unspecified atom stereocenters. The van der Waals surface area contributed by atoms with Gasteiger partial charge in [-0.25, -0.2) is 18.2 Å². The highest BCUT2D eigenvalue weighted by atomic mass is 32.2. The lowest BCUT2D eigenvalue weighted by atomic mass is 10.1. The summed E-state index contributed by atoms with van der Waals surface area (Å²) in [4.78, 5) is 43.3. The van der Waals surface area contributed by atoms with E-state index in [-0.39, 0.29) is 35.3 Å². The molecule has 0 saturated carbocycles. The Morgan fingerprint density at radius 3 is 2.55 bits per heavy atom. The number of fused-ring (bicyclic) bond motifs is 2. The van der Waals surface area contributed by atoms with Crippen LogP contribution in [0.2, 0.25) is 0 Å². The minimum Gasteiger partial charge on any atom is -0.356 e. The molecule has 0 radical (unpaired) electrons. The zero-order valence-electron chi connectivity index (χ0n) is 20.9. The lowest BCUT2D eigenvalue weighted by Crippen LogP contribution is -2.45. The number of aromatic nitrogens is 4. The van der Waals surface area contributed by atoms with Gasteiger partial charge in [0.2, 0.25) is 5.91 Å². The molecule has 1 N–H and O–H groups in total. The Morgan fingerprint density at radius 2 is 1.74 bits per heavy atom. The Morgan fingerprint density at radius 1 is 0.974 bits per heavy atom. The third-order valence-electron chi connectivity index (χ3n) is 6.74. The second-order valence-corrected chi connectivity index (χ2v) is 11.4. The van der Waals surface area contributed by atoms with E-state index in [1.54, 1.807) is 36.7 Å². The van der Waals surface area contributed by atoms with Crippen molar-refractivity contribution in [1.29, 1.82) is 0 Å². The van der Waals surface area contributed by atoms with Crippen LogP contribution in [0, 0.1) is 0 Å². The van der Waals surface area contributed by atoms with Crippen LogP contribution >= 0.6 is 0 Å². The van der Waals surface area contributed by atoms with Crippen molar-refractivity contribution in [2.45, 2.75) is 50.3 Å². The molecule has 0 bridgehead atoms. The van der Waals surface area contributed by atoms with Gasteiger partial charge in [-0.05, 0) is 37.0 Å². The largest absolute Gasteiger partial charge is 0.356 e. The lowest BCUT2D eigenvalue weighted by Gasteiger charge is -2.23. The molecule has 5 rings (SSSR count). The molecule has 10 nitrogen and oxygen atoms in total. The Bertz CT molecular complexity index is 1700. The quantitative estimate of drug-likeness (QED) is 0.259. The van der Waals surface area contributed by atoms with Crippen molar-refractivity contribution in [3.05, 3.63) is 81.8 Å². The molecule has 4 aromatic rings. The van der Waals surface area contributed by atoms with Gasteiger partial charge in [0.1, 0.15) is 0 Å². The molecule has 0 saturated heterocycles. The molecule has 1 aliphatic rings. The Balaban J connectivity index is 1.24. The topological polar surface area (TPSA) is 125 Å². The average Bonchev–Trinajstić information content (AvgIpc) is 3.32. The van der Waals surface area contributed by atoms with Crippen LogP contribution < -0.4 is 16.6 Å². The molecule has 1 amide bonds. The van der Waals surface area contributed by atoms with Gasteiger partial charge in [-0.2, -0.15) is 0 Å². The molecule has 38 heavy (non-hydrogen) atoms. The highest BCUT2D eigenvalue weighted by Gasteiger charge is 2.32. The lowest BCUT2D eigenvalue weighted by molar-refractivity contribution is -0.121. The third kappa shape index (κ3) is 5.06. The number of carbonyl (C=O) groups is 1. The molecule has 198 valence electrons. The summed E-state index contributed by atoms with van der Waals surface area (Å²) in [5, 5.41) is 2.65. The van der Waals surface area contributed by atoms with Crippen molar-refractivity contribution >= 4 is 26.8 Å². The number of para-hydroxylation sites is 2. The van der Waals surface area contributed by atoms with Crippen LogP contribution in [-0.4, -0.2) is 45.3 Å². The van der Waals surface area contributed by atoms with Gasteiger partial charge in [-0.15, -0.1) is 0 Å². The van der Waals surface area contributed by atoms with Gasteiger partial charge < -0.3 is 9.88 Å². The van der Waals surface area contributed by atoms with E-state index in [4.69, 9.17) is 0 Å². The number of aryl methyl sites for hydroxylation is 1. The molecular formula is C27H29N5O5S. The van der Waals surface area contributed by atoms with Crippen molar-refractivity contribution in [1.82, 2.24) is 24.0 Å². The summed E-state index contributed by atoms with van der Waals surface area (Å²) < 4.78 is 30.1. The van der Waals surface area contributed by atoms with Gasteiger partial charge in [-0.3, -0.25) is 18.7 Å². The number of amides is 1. The van der Waals surface area contributed by atoms with Crippen LogP contribution in [-0.2, 0) is 34.3 Å². The SMILES string of the molecule is O=C(CCCn1cnc2ccccc21)NCCCn1c(=O)c(-c2ccccc2)c2n(c1=O)CCCS2(=O)=O. The van der Waals surface area contributed by atoms with Gasteiger partial charge in [-0.1, -0.05) is 42.5 Å². The standard InChI is InChI=1S/C27H29N5O5S/c33-23(13-6-15-30-19-29-21-11-4-5-12-22(21)30)28-14-7-16-31-25(34)24(20-9-2-1-3-10-20)26-32(27(31)35)17-8-18-38(26,36)37/h1-5,9-12,19H,6-8,13-18H2,(H,28,33). The summed E-state index contributed by atoms with van der Waals surface area (Å²) >= 11 is 0. The number of rotatable bonds is 9. The van der Waals surface area contributed by atoms with E-state index in [1.807, 2.05) is 28.8 Å². The monoisotopic (exact) mass is 535 g/mol. The van der Waals surface area contributed by atoms with Gasteiger partial charge in [0.15, 0.2) is 14.9 Å². The molecule has 0 atom stereocenters. The highest BCUT2D eigenvalue weighted by molar-refractivity contribution is 7.91. The molecule has 1 aliphatic heterocycles. The second-order valence-electron chi connectivity index (χ2n) is 9.34. The van der Waals surface area contributed by atoms with E-state index in [2.05, 4.69) is 10.3 Å². The van der Waals surface area contributed by atoms with E-state index >= 15 is 0 Å². The third-order valence-corrected chi connectivity index (χ3v) is 8.58. The fraction of sp³-hybridized carbons (Fsp3) is 0.333. The fourth-order valence-electron chi connectivity index (χ4n) is 4.91. The zero-order valence-corrected chi connectivity index (χ0v) is 21.7. The van der Waals surface area contributed by atoms with Crippen molar-refractivity contribution in [2.75, 3.05) is 12.3 Å². The van der Waals surface area contributed by atoms with Crippen molar-refractivity contribution < 1.29 is 13.2 Å². The van der Waals surface area contributed by atoms with E-state index in [1.165, 1.54) is 4.57 Å². The predicted molar refractivity (Wildman–Crippen MR) is 144 cm³/mol. The summed E-state index contributed by atoms with van der Waals surface area (Å²) in [6, 6.07) is 16.4. The summed E-state index contributed by atoms with van der Waals surface area (Å²) in [5.74, 6) is -0.209. The number of hydrogen-bond acceptors (Lipinski definition) is 6. The number of imidazole rings is 1. The van der Waals surface area contributed by atoms with Crippen LogP contribution in [0.1, 0.15) is 25.7 Å². The second kappa shape index (κ2) is 10.8. The fourth-order valence-corrected chi connectivity index (χ4v) is 6.64. The summed E-state index contributed by atoms with van der Waals surface area (Å²) in [6.07, 6.45) is 3.42. The first-order valence-corrected chi connectivity index (χ1v) is 14.3. The number of benzene rings is 2. The molecule has 0 aliphatic carbocycles. The Hall–Kier alpha value is -3.99. The van der Waals surface area contributed by atoms with Gasteiger partial charge in [0.05, 0.1) is 28.7 Å². The van der Waals surface area contributed by atoms with E-state index in [9.17, 15) is 22.8 Å². The maximum absolute atomic E-state index is 13.4. The molecular weight excluding hydrogens is 506 g/mol. The van der Waals surface area contributed by atoms with Crippen LogP contribution in [0.25, 0.3) is 22.2 Å². The van der Waals surface area contributed by atoms with E-state index < -0.39 is 21.1 Å². The minimum absolute atomic E-state index is 0.0287. The Kier molecular flexibility index (Phi) is 7.28. The zero-order chi connectivity index (χ0) is 26.7. The normalized spacial score (nSPS) is 14.3. The smallest absolute Gasteiger partial charge is 0.332 e. The molecule has 0 spiro atoms. The van der Waals surface area contributed by atoms with E-state index in [0.717, 1.165) is 15.6 Å². The minimum atomic E-state index is -3.77. The molecule has 11 heteroatoms. The van der Waals surface area contributed by atoms with Gasteiger partial charge in [0.25, 0.3) is 5.56 Å². The van der Waals surface area contributed by atoms with Crippen LogP contribution in [0.3, 0.4) is 0 Å². The highest BCUT2D eigenvalue weighted by Crippen LogP contribution is 2.27. The van der Waals surface area contributed by atoms with Gasteiger partial charge >= 0.3 is 5.69 Å². The van der Waals surface area contributed by atoms with Crippen molar-refractivity contribution in [2.24, 2.45) is 0 Å². The average molecular weight is 536 g/mol. The number of carbonyl (C=O) groups excluding carboxylic acids is 1. The van der Waals surface area contributed by atoms with Crippen molar-refractivity contribution in [3.8, 4) is 11.1 Å². The molecule has 2 aromatic carbocycles. The first kappa shape index (κ1) is 25.7. The summed E-state index contributed by atoms with van der Waals surface area (Å²) in [5.41, 5.74) is 1.17. The Labute approximate surface area is 219 Å². The number of sulfone groups is 1. The number of hydrogen-bond donors (Lipinski definition) is 1. The molecule has 3 heterocycles. The molecule has 2 aromatic heterocycles. The van der Waals surface area contributed by atoms with Gasteiger partial charge in [0, 0.05) is 32.6 Å². The first-order chi connectivity index (χ1) is 18.4. The van der Waals surface area contributed by atoms with Crippen LogP contribution in [0.5, 0.6) is 0 Å². The predicted octanol–water partition coefficient (Wildman–Crippen LogP) is 2.19. The maximum atomic E-state index is 13.4. The van der Waals surface area contributed by atoms with Crippen molar-refractivity contribution in [3.63, 3.8) is 0 Å². The van der Waals surface area contributed by atoms with E-state index in [0.29, 0.717) is 44.3 Å². The summed E-state index contributed by atoms with van der Waals surface area (Å²) in [6.45, 7) is 1.26. The number of nitrogens with one attached hydrogen (secondary N) is 1. The maximum Gasteiger partial charge on any atom is 0.332 e. The molecule has 0 fully saturated rings. The first-order valence-electron chi connectivity index (χ1n) is 12.7. The van der Waals surface area contributed by atoms with Crippen LogP contribution in [0.4, 0.5) is 0 Å². The summed E-state index contributed by atoms with van der Waals surface area (Å²) in [7, 11) is -3.77. The van der Waals surface area contributed by atoms with Crippen LogP contribution in [0.15, 0.2) is 75.5 Å².